The molecule has 0 radical (unpaired) electrons. The van der Waals surface area contributed by atoms with Crippen molar-refractivity contribution in [1.82, 2.24) is 10.3 Å². The SMILES string of the molecule is O=C(CCC1CCNC1)Nc1ccc(Cc2ccncc2)cc1. The number of hydrogen-bond donors (Lipinski definition) is 2. The van der Waals surface area contributed by atoms with Crippen LogP contribution in [0.3, 0.4) is 0 Å². The maximum atomic E-state index is 12.0. The molecule has 0 bridgehead atoms. The lowest BCUT2D eigenvalue weighted by Crippen LogP contribution is -2.15. The van der Waals surface area contributed by atoms with E-state index in [1.807, 2.05) is 36.7 Å². The minimum Gasteiger partial charge on any atom is -0.326 e. The zero-order valence-electron chi connectivity index (χ0n) is 13.3. The molecule has 1 aromatic heterocycles. The molecule has 4 heteroatoms. The molecule has 0 aliphatic carbocycles. The fourth-order valence-corrected chi connectivity index (χ4v) is 2.96. The molecule has 4 nitrogen and oxygen atoms in total. The number of anilines is 1. The number of nitrogens with zero attached hydrogens (tertiary/aromatic N) is 1. The minimum absolute atomic E-state index is 0.110. The largest absolute Gasteiger partial charge is 0.326 e. The van der Waals surface area contributed by atoms with E-state index in [1.165, 1.54) is 17.5 Å². The van der Waals surface area contributed by atoms with Gasteiger partial charge in [-0.1, -0.05) is 12.1 Å². The maximum absolute atomic E-state index is 12.0. The van der Waals surface area contributed by atoms with Crippen LogP contribution in [-0.4, -0.2) is 24.0 Å². The second-order valence-corrected chi connectivity index (χ2v) is 6.17. The summed E-state index contributed by atoms with van der Waals surface area (Å²) < 4.78 is 0. The number of aromatic nitrogens is 1. The van der Waals surface area contributed by atoms with E-state index in [-0.39, 0.29) is 5.91 Å². The highest BCUT2D eigenvalue weighted by Gasteiger charge is 2.15. The molecular formula is C19H23N3O. The van der Waals surface area contributed by atoms with Crippen LogP contribution in [0.4, 0.5) is 5.69 Å². The molecule has 2 heterocycles. The Labute approximate surface area is 137 Å². The summed E-state index contributed by atoms with van der Waals surface area (Å²) in [6.07, 6.45) is 7.26. The van der Waals surface area contributed by atoms with E-state index in [0.29, 0.717) is 12.3 Å². The first-order valence-electron chi connectivity index (χ1n) is 8.28. The zero-order chi connectivity index (χ0) is 15.9. The van der Waals surface area contributed by atoms with Gasteiger partial charge < -0.3 is 10.6 Å². The molecule has 1 fully saturated rings. The second-order valence-electron chi connectivity index (χ2n) is 6.17. The van der Waals surface area contributed by atoms with Crippen molar-refractivity contribution in [2.45, 2.75) is 25.7 Å². The Morgan fingerprint density at radius 3 is 2.57 bits per heavy atom. The minimum atomic E-state index is 0.110. The zero-order valence-corrected chi connectivity index (χ0v) is 13.3. The molecule has 0 spiro atoms. The first-order chi connectivity index (χ1) is 11.3. The van der Waals surface area contributed by atoms with Crippen LogP contribution in [0.25, 0.3) is 0 Å². The summed E-state index contributed by atoms with van der Waals surface area (Å²) in [5, 5.41) is 6.32. The summed E-state index contributed by atoms with van der Waals surface area (Å²) >= 11 is 0. The van der Waals surface area contributed by atoms with E-state index >= 15 is 0 Å². The highest BCUT2D eigenvalue weighted by atomic mass is 16.1. The van der Waals surface area contributed by atoms with Crippen molar-refractivity contribution in [2.24, 2.45) is 5.92 Å². The highest BCUT2D eigenvalue weighted by Crippen LogP contribution is 2.16. The summed E-state index contributed by atoms with van der Waals surface area (Å²) in [5.41, 5.74) is 3.34. The van der Waals surface area contributed by atoms with Crippen LogP contribution in [0.5, 0.6) is 0 Å². The van der Waals surface area contributed by atoms with Crippen LogP contribution in [0.2, 0.25) is 0 Å². The number of nitrogens with one attached hydrogen (secondary N) is 2. The van der Waals surface area contributed by atoms with E-state index in [0.717, 1.165) is 31.6 Å². The summed E-state index contributed by atoms with van der Waals surface area (Å²) in [7, 11) is 0. The number of rotatable bonds is 6. The van der Waals surface area contributed by atoms with Crippen LogP contribution in [0, 0.1) is 5.92 Å². The molecule has 3 rings (SSSR count). The van der Waals surface area contributed by atoms with E-state index in [9.17, 15) is 4.79 Å². The van der Waals surface area contributed by atoms with E-state index in [4.69, 9.17) is 0 Å². The quantitative estimate of drug-likeness (QED) is 0.862. The van der Waals surface area contributed by atoms with Crippen molar-refractivity contribution in [2.75, 3.05) is 18.4 Å². The van der Waals surface area contributed by atoms with Gasteiger partial charge in [0.15, 0.2) is 0 Å². The second kappa shape index (κ2) is 7.88. The van der Waals surface area contributed by atoms with E-state index < -0.39 is 0 Å². The van der Waals surface area contributed by atoms with Gasteiger partial charge in [0.1, 0.15) is 0 Å². The molecule has 2 N–H and O–H groups in total. The number of carbonyl (C=O) groups excluding carboxylic acids is 1. The number of hydrogen-bond acceptors (Lipinski definition) is 3. The third-order valence-electron chi connectivity index (χ3n) is 4.34. The molecule has 1 atom stereocenters. The van der Waals surface area contributed by atoms with Gasteiger partial charge in [-0.3, -0.25) is 9.78 Å². The average molecular weight is 309 g/mol. The molecule has 2 aromatic rings. The molecule has 1 amide bonds. The molecule has 1 aliphatic rings. The van der Waals surface area contributed by atoms with Gasteiger partial charge in [-0.2, -0.15) is 0 Å². The number of pyridine rings is 1. The molecular weight excluding hydrogens is 286 g/mol. The van der Waals surface area contributed by atoms with Gasteiger partial charge in [-0.15, -0.1) is 0 Å². The molecule has 120 valence electrons. The van der Waals surface area contributed by atoms with E-state index in [1.54, 1.807) is 0 Å². The fourth-order valence-electron chi connectivity index (χ4n) is 2.96. The monoisotopic (exact) mass is 309 g/mol. The number of carbonyl (C=O) groups is 1. The fraction of sp³-hybridized carbons (Fsp3) is 0.368. The van der Waals surface area contributed by atoms with Crippen LogP contribution in [0.15, 0.2) is 48.8 Å². The van der Waals surface area contributed by atoms with Gasteiger partial charge in [-0.25, -0.2) is 0 Å². The summed E-state index contributed by atoms with van der Waals surface area (Å²) in [6.45, 7) is 2.14. The number of benzene rings is 1. The predicted molar refractivity (Wildman–Crippen MR) is 92.3 cm³/mol. The topological polar surface area (TPSA) is 54.0 Å². The standard InChI is InChI=1S/C19H23N3O/c23-19(6-3-17-9-12-21-14-17)22-18-4-1-15(2-5-18)13-16-7-10-20-11-8-16/h1-2,4-5,7-8,10-11,17,21H,3,6,9,12-14H2,(H,22,23). The van der Waals surface area contributed by atoms with Gasteiger partial charge in [0, 0.05) is 24.5 Å². The first-order valence-corrected chi connectivity index (χ1v) is 8.28. The highest BCUT2D eigenvalue weighted by molar-refractivity contribution is 5.90. The van der Waals surface area contributed by atoms with Crippen molar-refractivity contribution < 1.29 is 4.79 Å². The lowest BCUT2D eigenvalue weighted by Gasteiger charge is -2.09. The molecule has 1 aromatic carbocycles. The van der Waals surface area contributed by atoms with Gasteiger partial charge in [-0.05, 0) is 73.7 Å². The Hall–Kier alpha value is -2.20. The third kappa shape index (κ3) is 4.89. The normalized spacial score (nSPS) is 17.1. The van der Waals surface area contributed by atoms with Crippen LogP contribution in [-0.2, 0) is 11.2 Å². The lowest BCUT2D eigenvalue weighted by molar-refractivity contribution is -0.116. The Balaban J connectivity index is 1.47. The predicted octanol–water partition coefficient (Wildman–Crippen LogP) is 3.00. The average Bonchev–Trinajstić information content (AvgIpc) is 3.09. The smallest absolute Gasteiger partial charge is 0.224 e. The van der Waals surface area contributed by atoms with E-state index in [2.05, 4.69) is 27.8 Å². The molecule has 0 saturated carbocycles. The van der Waals surface area contributed by atoms with Crippen LogP contribution >= 0.6 is 0 Å². The van der Waals surface area contributed by atoms with Gasteiger partial charge in [0.25, 0.3) is 0 Å². The Kier molecular flexibility index (Phi) is 5.37. The summed E-state index contributed by atoms with van der Waals surface area (Å²) in [5.74, 6) is 0.766. The van der Waals surface area contributed by atoms with Gasteiger partial charge >= 0.3 is 0 Å². The first kappa shape index (κ1) is 15.7. The molecule has 23 heavy (non-hydrogen) atoms. The van der Waals surface area contributed by atoms with Crippen LogP contribution < -0.4 is 10.6 Å². The lowest BCUT2D eigenvalue weighted by atomic mass is 10.0. The van der Waals surface area contributed by atoms with Crippen molar-refractivity contribution >= 4 is 11.6 Å². The van der Waals surface area contributed by atoms with Crippen molar-refractivity contribution in [3.05, 3.63) is 59.9 Å². The van der Waals surface area contributed by atoms with Crippen molar-refractivity contribution in [1.29, 1.82) is 0 Å². The van der Waals surface area contributed by atoms with Gasteiger partial charge in [0.2, 0.25) is 5.91 Å². The summed E-state index contributed by atoms with van der Waals surface area (Å²) in [4.78, 5) is 16.0. The Morgan fingerprint density at radius 2 is 1.87 bits per heavy atom. The Morgan fingerprint density at radius 1 is 1.13 bits per heavy atom. The van der Waals surface area contributed by atoms with Gasteiger partial charge in [0.05, 0.1) is 0 Å². The number of amides is 1. The molecule has 1 saturated heterocycles. The van der Waals surface area contributed by atoms with Crippen molar-refractivity contribution in [3.63, 3.8) is 0 Å². The molecule has 1 unspecified atom stereocenters. The Bertz CT molecular complexity index is 619. The van der Waals surface area contributed by atoms with Crippen LogP contribution in [0.1, 0.15) is 30.4 Å². The maximum Gasteiger partial charge on any atom is 0.224 e. The summed E-state index contributed by atoms with van der Waals surface area (Å²) in [6, 6.07) is 12.1. The third-order valence-corrected chi connectivity index (χ3v) is 4.34. The molecule has 1 aliphatic heterocycles. The van der Waals surface area contributed by atoms with Crippen molar-refractivity contribution in [3.8, 4) is 0 Å².